The fraction of sp³-hybridized carbons (Fsp3) is 0.667. The van der Waals surface area contributed by atoms with Crippen molar-refractivity contribution in [3.8, 4) is 0 Å². The second-order valence-corrected chi connectivity index (χ2v) is 3.60. The highest BCUT2D eigenvalue weighted by molar-refractivity contribution is 5.88. The van der Waals surface area contributed by atoms with Gasteiger partial charge in [-0.1, -0.05) is 5.57 Å². The fourth-order valence-corrected chi connectivity index (χ4v) is 1.29. The molecule has 1 fully saturated rings. The Labute approximate surface area is 77.5 Å². The maximum atomic E-state index is 11.4. The molecule has 0 saturated carbocycles. The summed E-state index contributed by atoms with van der Waals surface area (Å²) >= 11 is 0. The Morgan fingerprint density at radius 1 is 1.31 bits per heavy atom. The molecular formula is C9H15NO3. The molecule has 1 aliphatic rings. The zero-order valence-corrected chi connectivity index (χ0v) is 7.90. The van der Waals surface area contributed by atoms with E-state index in [0.29, 0.717) is 0 Å². The lowest BCUT2D eigenvalue weighted by Crippen LogP contribution is -2.28. The summed E-state index contributed by atoms with van der Waals surface area (Å²) in [5.74, 6) is -0.143. The van der Waals surface area contributed by atoms with Crippen molar-refractivity contribution in [1.82, 2.24) is 4.90 Å². The van der Waals surface area contributed by atoms with Crippen LogP contribution in [0.5, 0.6) is 0 Å². The average Bonchev–Trinajstić information content (AvgIpc) is 2.31. The molecule has 4 heteroatoms. The zero-order chi connectivity index (χ0) is 10.0. The number of hydrogen-bond donors (Lipinski definition) is 2. The van der Waals surface area contributed by atoms with Crippen LogP contribution in [-0.4, -0.2) is 46.3 Å². The number of hydrogen-bond acceptors (Lipinski definition) is 3. The summed E-state index contributed by atoms with van der Waals surface area (Å²) in [5.41, 5.74) is 0.917. The predicted molar refractivity (Wildman–Crippen MR) is 48.0 cm³/mol. The first kappa shape index (κ1) is 10.2. The summed E-state index contributed by atoms with van der Waals surface area (Å²) in [7, 11) is 0. The molecule has 1 saturated heterocycles. The molecule has 0 aromatic rings. The minimum Gasteiger partial charge on any atom is -0.388 e. The topological polar surface area (TPSA) is 60.8 Å². The molecule has 2 N–H and O–H groups in total. The second-order valence-electron chi connectivity index (χ2n) is 3.60. The van der Waals surface area contributed by atoms with Crippen molar-refractivity contribution in [2.45, 2.75) is 26.1 Å². The molecule has 1 amide bonds. The summed E-state index contributed by atoms with van der Waals surface area (Å²) in [6.45, 7) is 4.12. The first-order valence-corrected chi connectivity index (χ1v) is 4.30. The molecule has 0 unspecified atom stereocenters. The molecule has 0 aromatic heterocycles. The highest BCUT2D eigenvalue weighted by Crippen LogP contribution is 2.10. The fourth-order valence-electron chi connectivity index (χ4n) is 1.29. The number of amides is 1. The quantitative estimate of drug-likeness (QED) is 0.542. The number of likely N-dealkylation sites (tertiary alicyclic amines) is 1. The van der Waals surface area contributed by atoms with Gasteiger partial charge >= 0.3 is 0 Å². The van der Waals surface area contributed by atoms with E-state index in [4.69, 9.17) is 0 Å². The van der Waals surface area contributed by atoms with Crippen LogP contribution in [0.1, 0.15) is 13.8 Å². The van der Waals surface area contributed by atoms with Crippen molar-refractivity contribution in [2.24, 2.45) is 0 Å². The van der Waals surface area contributed by atoms with Crippen molar-refractivity contribution in [3.05, 3.63) is 11.6 Å². The maximum absolute atomic E-state index is 11.4. The highest BCUT2D eigenvalue weighted by atomic mass is 16.3. The van der Waals surface area contributed by atoms with Crippen LogP contribution >= 0.6 is 0 Å². The Kier molecular flexibility index (Phi) is 3.06. The Hall–Kier alpha value is -0.870. The molecule has 0 aliphatic carbocycles. The van der Waals surface area contributed by atoms with E-state index >= 15 is 0 Å². The van der Waals surface area contributed by atoms with Crippen LogP contribution in [0.2, 0.25) is 0 Å². The number of carbonyl (C=O) groups excluding carboxylic acids is 1. The number of aliphatic hydroxyl groups excluding tert-OH is 2. The first-order chi connectivity index (χ1) is 6.00. The minimum absolute atomic E-state index is 0.143. The molecule has 0 spiro atoms. The Morgan fingerprint density at radius 3 is 2.15 bits per heavy atom. The van der Waals surface area contributed by atoms with Crippen molar-refractivity contribution in [2.75, 3.05) is 13.1 Å². The lowest BCUT2D eigenvalue weighted by molar-refractivity contribution is -0.125. The van der Waals surface area contributed by atoms with Gasteiger partial charge in [0.25, 0.3) is 0 Å². The number of nitrogens with zero attached hydrogens (tertiary/aromatic N) is 1. The van der Waals surface area contributed by atoms with Crippen LogP contribution in [-0.2, 0) is 4.79 Å². The highest BCUT2D eigenvalue weighted by Gasteiger charge is 2.31. The Bertz CT molecular complexity index is 223. The van der Waals surface area contributed by atoms with Gasteiger partial charge in [-0.3, -0.25) is 4.79 Å². The smallest absolute Gasteiger partial charge is 0.246 e. The van der Waals surface area contributed by atoms with Gasteiger partial charge in [-0.15, -0.1) is 0 Å². The Balaban J connectivity index is 2.56. The maximum Gasteiger partial charge on any atom is 0.246 e. The molecule has 1 rings (SSSR count). The van der Waals surface area contributed by atoms with Gasteiger partial charge in [-0.05, 0) is 13.8 Å². The van der Waals surface area contributed by atoms with Gasteiger partial charge in [0.15, 0.2) is 0 Å². The van der Waals surface area contributed by atoms with Gasteiger partial charge in [0.2, 0.25) is 5.91 Å². The monoisotopic (exact) mass is 185 g/mol. The van der Waals surface area contributed by atoms with Crippen LogP contribution in [0.25, 0.3) is 0 Å². The van der Waals surface area contributed by atoms with Crippen molar-refractivity contribution >= 4 is 5.91 Å². The van der Waals surface area contributed by atoms with Gasteiger partial charge < -0.3 is 15.1 Å². The number of rotatable bonds is 1. The van der Waals surface area contributed by atoms with E-state index in [1.807, 2.05) is 13.8 Å². The average molecular weight is 185 g/mol. The van der Waals surface area contributed by atoms with Gasteiger partial charge in [0.05, 0.1) is 12.2 Å². The van der Waals surface area contributed by atoms with Crippen LogP contribution in [0.3, 0.4) is 0 Å². The molecule has 0 bridgehead atoms. The third-order valence-electron chi connectivity index (χ3n) is 1.98. The first-order valence-electron chi connectivity index (χ1n) is 4.30. The number of allylic oxidation sites excluding steroid dienone is 1. The number of aliphatic hydroxyl groups is 2. The SMILES string of the molecule is CC(C)=CC(=O)N1C[C@@H](O)[C@@H](O)C1. The van der Waals surface area contributed by atoms with Crippen LogP contribution in [0.15, 0.2) is 11.6 Å². The normalized spacial score (nSPS) is 27.5. The van der Waals surface area contributed by atoms with Crippen molar-refractivity contribution in [3.63, 3.8) is 0 Å². The summed E-state index contributed by atoms with van der Waals surface area (Å²) in [4.78, 5) is 12.8. The molecular weight excluding hydrogens is 170 g/mol. The van der Waals surface area contributed by atoms with E-state index in [9.17, 15) is 15.0 Å². The lowest BCUT2D eigenvalue weighted by Gasteiger charge is -2.12. The van der Waals surface area contributed by atoms with Gasteiger partial charge in [0, 0.05) is 19.2 Å². The van der Waals surface area contributed by atoms with E-state index in [1.54, 1.807) is 0 Å². The molecule has 2 atom stereocenters. The van der Waals surface area contributed by atoms with E-state index in [0.717, 1.165) is 5.57 Å². The van der Waals surface area contributed by atoms with E-state index in [-0.39, 0.29) is 19.0 Å². The predicted octanol–water partition coefficient (Wildman–Crippen LogP) is -0.483. The largest absolute Gasteiger partial charge is 0.388 e. The van der Waals surface area contributed by atoms with Crippen LogP contribution < -0.4 is 0 Å². The second kappa shape index (κ2) is 3.89. The number of carbonyl (C=O) groups is 1. The van der Waals surface area contributed by atoms with Crippen molar-refractivity contribution < 1.29 is 15.0 Å². The van der Waals surface area contributed by atoms with Gasteiger partial charge in [-0.25, -0.2) is 0 Å². The third kappa shape index (κ3) is 2.54. The summed E-state index contributed by atoms with van der Waals surface area (Å²) in [6.07, 6.45) is -0.0888. The minimum atomic E-state index is -0.797. The van der Waals surface area contributed by atoms with E-state index in [2.05, 4.69) is 0 Å². The van der Waals surface area contributed by atoms with Gasteiger partial charge in [-0.2, -0.15) is 0 Å². The lowest BCUT2D eigenvalue weighted by atomic mass is 10.3. The molecule has 4 nitrogen and oxygen atoms in total. The summed E-state index contributed by atoms with van der Waals surface area (Å²) < 4.78 is 0. The number of β-amino-alcohol motifs (C(OH)–C–C–N with tert-alkyl or cyclic N) is 2. The third-order valence-corrected chi connectivity index (χ3v) is 1.98. The molecule has 1 aliphatic heterocycles. The molecule has 0 aromatic carbocycles. The van der Waals surface area contributed by atoms with Crippen molar-refractivity contribution in [1.29, 1.82) is 0 Å². The van der Waals surface area contributed by atoms with E-state index < -0.39 is 12.2 Å². The molecule has 0 radical (unpaired) electrons. The van der Waals surface area contributed by atoms with Crippen LogP contribution in [0.4, 0.5) is 0 Å². The molecule has 1 heterocycles. The summed E-state index contributed by atoms with van der Waals surface area (Å²) in [5, 5.41) is 18.4. The van der Waals surface area contributed by atoms with Gasteiger partial charge in [0.1, 0.15) is 0 Å². The standard InChI is InChI=1S/C9H15NO3/c1-6(2)3-9(13)10-4-7(11)8(12)5-10/h3,7-8,11-12H,4-5H2,1-2H3/t7-,8+. The summed E-state index contributed by atoms with van der Waals surface area (Å²) in [6, 6.07) is 0. The van der Waals surface area contributed by atoms with Crippen LogP contribution in [0, 0.1) is 0 Å². The molecule has 13 heavy (non-hydrogen) atoms. The molecule has 74 valence electrons. The Morgan fingerprint density at radius 2 is 1.77 bits per heavy atom. The van der Waals surface area contributed by atoms with E-state index in [1.165, 1.54) is 11.0 Å². The zero-order valence-electron chi connectivity index (χ0n) is 7.90.